The third-order valence-corrected chi connectivity index (χ3v) is 4.66. The molecule has 2 N–H and O–H groups in total. The predicted octanol–water partition coefficient (Wildman–Crippen LogP) is 3.36. The number of carbonyl (C=O) groups excluding carboxylic acids is 1. The standard InChI is InChI=1S/C16H17ClN2O3S/c1-12-2-4-14(5-3-12)19-23(21,22)15-8-6-13(7-9-15)18-16(20)10-11-17/h2-9,19H,10-11H2,1H3,(H,18,20). The summed E-state index contributed by atoms with van der Waals surface area (Å²) < 4.78 is 27.1. The van der Waals surface area contributed by atoms with Gasteiger partial charge in [-0.15, -0.1) is 11.6 Å². The molecule has 0 atom stereocenters. The molecular formula is C16H17ClN2O3S. The zero-order valence-electron chi connectivity index (χ0n) is 12.5. The number of amides is 1. The Morgan fingerprint density at radius 2 is 1.57 bits per heavy atom. The summed E-state index contributed by atoms with van der Waals surface area (Å²) in [4.78, 5) is 11.6. The molecule has 0 aliphatic carbocycles. The number of hydrogen-bond acceptors (Lipinski definition) is 3. The predicted molar refractivity (Wildman–Crippen MR) is 92.4 cm³/mol. The van der Waals surface area contributed by atoms with Crippen LogP contribution in [0.4, 0.5) is 11.4 Å². The molecule has 2 aromatic rings. The number of halogens is 1. The van der Waals surface area contributed by atoms with Gasteiger partial charge in [0.25, 0.3) is 10.0 Å². The van der Waals surface area contributed by atoms with Gasteiger partial charge in [-0.3, -0.25) is 9.52 Å². The molecule has 0 aromatic heterocycles. The van der Waals surface area contributed by atoms with Gasteiger partial charge in [-0.05, 0) is 43.3 Å². The molecule has 0 radical (unpaired) electrons. The Bertz CT molecular complexity index is 772. The number of carbonyl (C=O) groups is 1. The molecule has 2 rings (SSSR count). The monoisotopic (exact) mass is 352 g/mol. The average molecular weight is 353 g/mol. The van der Waals surface area contributed by atoms with Gasteiger partial charge in [-0.1, -0.05) is 17.7 Å². The summed E-state index contributed by atoms with van der Waals surface area (Å²) in [6.45, 7) is 1.93. The minimum Gasteiger partial charge on any atom is -0.326 e. The fraction of sp³-hybridized carbons (Fsp3) is 0.188. The van der Waals surface area contributed by atoms with Crippen LogP contribution in [0.1, 0.15) is 12.0 Å². The van der Waals surface area contributed by atoms with Crippen molar-refractivity contribution in [2.75, 3.05) is 15.9 Å². The second-order valence-electron chi connectivity index (χ2n) is 4.98. The van der Waals surface area contributed by atoms with Crippen molar-refractivity contribution in [1.82, 2.24) is 0 Å². The lowest BCUT2D eigenvalue weighted by Gasteiger charge is -2.09. The molecule has 7 heteroatoms. The van der Waals surface area contributed by atoms with Gasteiger partial charge in [0.05, 0.1) is 4.90 Å². The third-order valence-electron chi connectivity index (χ3n) is 3.07. The van der Waals surface area contributed by atoms with E-state index in [-0.39, 0.29) is 23.1 Å². The van der Waals surface area contributed by atoms with Gasteiger partial charge in [0.1, 0.15) is 0 Å². The maximum Gasteiger partial charge on any atom is 0.261 e. The summed E-state index contributed by atoms with van der Waals surface area (Å²) in [5.74, 6) is 0.0204. The molecule has 0 saturated heterocycles. The molecule has 23 heavy (non-hydrogen) atoms. The summed E-state index contributed by atoms with van der Waals surface area (Å²) in [5, 5.41) is 2.64. The molecular weight excluding hydrogens is 336 g/mol. The van der Waals surface area contributed by atoms with Crippen LogP contribution in [0.15, 0.2) is 53.4 Å². The molecule has 0 aliphatic heterocycles. The van der Waals surface area contributed by atoms with E-state index in [4.69, 9.17) is 11.6 Å². The van der Waals surface area contributed by atoms with Gasteiger partial charge >= 0.3 is 0 Å². The average Bonchev–Trinajstić information content (AvgIpc) is 2.50. The first kappa shape index (κ1) is 17.3. The van der Waals surface area contributed by atoms with Gasteiger partial charge in [0.2, 0.25) is 5.91 Å². The van der Waals surface area contributed by atoms with Gasteiger partial charge in [0.15, 0.2) is 0 Å². The topological polar surface area (TPSA) is 75.3 Å². The van der Waals surface area contributed by atoms with E-state index in [1.807, 2.05) is 19.1 Å². The highest BCUT2D eigenvalue weighted by molar-refractivity contribution is 7.92. The van der Waals surface area contributed by atoms with Crippen molar-refractivity contribution in [3.8, 4) is 0 Å². The lowest BCUT2D eigenvalue weighted by Crippen LogP contribution is -2.14. The number of aryl methyl sites for hydroxylation is 1. The zero-order chi connectivity index (χ0) is 16.9. The molecule has 2 aromatic carbocycles. The number of alkyl halides is 1. The van der Waals surface area contributed by atoms with E-state index < -0.39 is 10.0 Å². The van der Waals surface area contributed by atoms with Crippen LogP contribution in [0.25, 0.3) is 0 Å². The molecule has 0 spiro atoms. The summed E-state index contributed by atoms with van der Waals surface area (Å²) in [6.07, 6.45) is 0.205. The van der Waals surface area contributed by atoms with Crippen molar-refractivity contribution in [2.45, 2.75) is 18.2 Å². The molecule has 0 unspecified atom stereocenters. The molecule has 5 nitrogen and oxygen atoms in total. The normalized spacial score (nSPS) is 11.0. The highest BCUT2D eigenvalue weighted by atomic mass is 35.5. The lowest BCUT2D eigenvalue weighted by molar-refractivity contribution is -0.115. The van der Waals surface area contributed by atoms with E-state index in [9.17, 15) is 13.2 Å². The first-order chi connectivity index (χ1) is 10.9. The van der Waals surface area contributed by atoms with Crippen LogP contribution in [0, 0.1) is 6.92 Å². The van der Waals surface area contributed by atoms with Crippen LogP contribution in [-0.2, 0) is 14.8 Å². The molecule has 1 amide bonds. The van der Waals surface area contributed by atoms with Gasteiger partial charge in [-0.2, -0.15) is 0 Å². The van der Waals surface area contributed by atoms with Crippen LogP contribution in [0.5, 0.6) is 0 Å². The molecule has 0 fully saturated rings. The molecule has 0 heterocycles. The Balaban J connectivity index is 2.11. The second kappa shape index (κ2) is 7.48. The van der Waals surface area contributed by atoms with Crippen molar-refractivity contribution in [3.05, 3.63) is 54.1 Å². The van der Waals surface area contributed by atoms with Crippen molar-refractivity contribution >= 4 is 38.9 Å². The van der Waals surface area contributed by atoms with E-state index in [0.29, 0.717) is 11.4 Å². The van der Waals surface area contributed by atoms with E-state index in [0.717, 1.165) is 5.56 Å². The summed E-state index contributed by atoms with van der Waals surface area (Å²) >= 11 is 5.49. The molecule has 0 aliphatic rings. The van der Waals surface area contributed by atoms with Crippen LogP contribution in [-0.4, -0.2) is 20.2 Å². The number of nitrogens with one attached hydrogen (secondary N) is 2. The Morgan fingerprint density at radius 3 is 2.13 bits per heavy atom. The quantitative estimate of drug-likeness (QED) is 0.783. The Hall–Kier alpha value is -2.05. The van der Waals surface area contributed by atoms with Crippen LogP contribution >= 0.6 is 11.6 Å². The fourth-order valence-corrected chi connectivity index (χ4v) is 3.09. The molecule has 0 bridgehead atoms. The zero-order valence-corrected chi connectivity index (χ0v) is 14.1. The van der Waals surface area contributed by atoms with Crippen molar-refractivity contribution in [3.63, 3.8) is 0 Å². The van der Waals surface area contributed by atoms with Crippen molar-refractivity contribution < 1.29 is 13.2 Å². The number of anilines is 2. The fourth-order valence-electron chi connectivity index (χ4n) is 1.86. The highest BCUT2D eigenvalue weighted by Gasteiger charge is 2.14. The van der Waals surface area contributed by atoms with Crippen LogP contribution in [0.3, 0.4) is 0 Å². The Labute approximate surface area is 140 Å². The minimum atomic E-state index is -3.67. The van der Waals surface area contributed by atoms with Crippen LogP contribution < -0.4 is 10.0 Å². The lowest BCUT2D eigenvalue weighted by atomic mass is 10.2. The third kappa shape index (κ3) is 4.97. The largest absolute Gasteiger partial charge is 0.326 e. The van der Waals surface area contributed by atoms with Crippen molar-refractivity contribution in [2.24, 2.45) is 0 Å². The number of hydrogen-bond donors (Lipinski definition) is 2. The highest BCUT2D eigenvalue weighted by Crippen LogP contribution is 2.18. The summed E-state index contributed by atoms with van der Waals surface area (Å²) in [7, 11) is -3.67. The maximum absolute atomic E-state index is 12.3. The number of rotatable bonds is 6. The van der Waals surface area contributed by atoms with Crippen molar-refractivity contribution in [1.29, 1.82) is 0 Å². The molecule has 0 saturated carbocycles. The Morgan fingerprint density at radius 1 is 1.00 bits per heavy atom. The van der Waals surface area contributed by atoms with E-state index in [2.05, 4.69) is 10.0 Å². The summed E-state index contributed by atoms with van der Waals surface area (Å²) in [6, 6.07) is 13.0. The van der Waals surface area contributed by atoms with E-state index in [1.54, 1.807) is 12.1 Å². The summed E-state index contributed by atoms with van der Waals surface area (Å²) in [5.41, 5.74) is 2.06. The van der Waals surface area contributed by atoms with Crippen LogP contribution in [0.2, 0.25) is 0 Å². The molecule has 122 valence electrons. The number of benzene rings is 2. The smallest absolute Gasteiger partial charge is 0.261 e. The number of sulfonamides is 1. The van der Waals surface area contributed by atoms with Gasteiger partial charge in [-0.25, -0.2) is 8.42 Å². The van der Waals surface area contributed by atoms with Gasteiger partial charge < -0.3 is 5.32 Å². The van der Waals surface area contributed by atoms with E-state index in [1.165, 1.54) is 24.3 Å². The van der Waals surface area contributed by atoms with Gasteiger partial charge in [0, 0.05) is 23.7 Å². The van der Waals surface area contributed by atoms with E-state index >= 15 is 0 Å². The Kier molecular flexibility index (Phi) is 5.63. The second-order valence-corrected chi connectivity index (χ2v) is 7.04. The first-order valence-electron chi connectivity index (χ1n) is 6.96. The minimum absolute atomic E-state index is 0.119. The maximum atomic E-state index is 12.3. The SMILES string of the molecule is Cc1ccc(NS(=O)(=O)c2ccc(NC(=O)CCCl)cc2)cc1. The first-order valence-corrected chi connectivity index (χ1v) is 8.98.